The first-order chi connectivity index (χ1) is 8.65. The lowest BCUT2D eigenvalue weighted by Gasteiger charge is -2.15. The largest absolute Gasteiger partial charge is 0.302 e. The van der Waals surface area contributed by atoms with Crippen molar-refractivity contribution in [1.29, 1.82) is 0 Å². The fourth-order valence-corrected chi connectivity index (χ4v) is 1.72. The molecule has 0 atom stereocenters. The normalized spacial score (nSPS) is 11.1. The summed E-state index contributed by atoms with van der Waals surface area (Å²) in [4.78, 5) is 13.1. The average molecular weight is 248 g/mol. The van der Waals surface area contributed by atoms with Gasteiger partial charge in [-0.3, -0.25) is 10.0 Å². The lowest BCUT2D eigenvalue weighted by molar-refractivity contribution is -0.124. The van der Waals surface area contributed by atoms with Crippen molar-refractivity contribution >= 4 is 12.0 Å². The first-order valence-corrected chi connectivity index (χ1v) is 6.05. The van der Waals surface area contributed by atoms with Crippen LogP contribution >= 0.6 is 0 Å². The van der Waals surface area contributed by atoms with Crippen molar-refractivity contribution in [2.24, 2.45) is 0 Å². The van der Waals surface area contributed by atoms with Gasteiger partial charge in [0.15, 0.2) is 0 Å². The monoisotopic (exact) mass is 248 g/mol. The standard InChI is InChI=1S/C14H20N2O2/c1-3-10-16(2)11-13-6-4-12(5-7-13)8-9-14(17)15-18/h4-9,18H,3,10-11H2,1-2H3,(H,15,17)/b9-8+. The van der Waals surface area contributed by atoms with Crippen molar-refractivity contribution in [1.82, 2.24) is 10.4 Å². The number of benzene rings is 1. The van der Waals surface area contributed by atoms with Gasteiger partial charge in [0.1, 0.15) is 0 Å². The van der Waals surface area contributed by atoms with E-state index in [1.165, 1.54) is 11.6 Å². The van der Waals surface area contributed by atoms with Gasteiger partial charge in [-0.1, -0.05) is 31.2 Å². The van der Waals surface area contributed by atoms with Gasteiger partial charge in [0.25, 0.3) is 5.91 Å². The third-order valence-corrected chi connectivity index (χ3v) is 2.57. The highest BCUT2D eigenvalue weighted by Crippen LogP contribution is 2.08. The van der Waals surface area contributed by atoms with Crippen LogP contribution in [0.3, 0.4) is 0 Å². The van der Waals surface area contributed by atoms with Gasteiger partial charge in [0.2, 0.25) is 0 Å². The van der Waals surface area contributed by atoms with Crippen molar-refractivity contribution in [3.63, 3.8) is 0 Å². The van der Waals surface area contributed by atoms with E-state index < -0.39 is 5.91 Å². The van der Waals surface area contributed by atoms with Crippen LogP contribution in [0.25, 0.3) is 6.08 Å². The number of nitrogens with zero attached hydrogens (tertiary/aromatic N) is 1. The first kappa shape index (κ1) is 14.4. The van der Waals surface area contributed by atoms with Crippen LogP contribution < -0.4 is 5.48 Å². The Balaban J connectivity index is 2.57. The zero-order valence-corrected chi connectivity index (χ0v) is 10.9. The van der Waals surface area contributed by atoms with E-state index in [1.54, 1.807) is 11.6 Å². The molecule has 0 heterocycles. The number of carbonyl (C=O) groups excluding carboxylic acids is 1. The maximum Gasteiger partial charge on any atom is 0.267 e. The summed E-state index contributed by atoms with van der Waals surface area (Å²) in [5.74, 6) is -0.526. The molecule has 0 bridgehead atoms. The molecule has 18 heavy (non-hydrogen) atoms. The number of rotatable bonds is 6. The van der Waals surface area contributed by atoms with Gasteiger partial charge in [-0.05, 0) is 37.2 Å². The number of hydrogen-bond donors (Lipinski definition) is 2. The minimum Gasteiger partial charge on any atom is -0.302 e. The predicted octanol–water partition coefficient (Wildman–Crippen LogP) is 2.05. The smallest absolute Gasteiger partial charge is 0.267 e. The Bertz CT molecular complexity index is 399. The second-order valence-electron chi connectivity index (χ2n) is 4.29. The number of amides is 1. The molecule has 4 heteroatoms. The van der Waals surface area contributed by atoms with E-state index >= 15 is 0 Å². The molecule has 0 radical (unpaired) electrons. The van der Waals surface area contributed by atoms with Crippen molar-refractivity contribution < 1.29 is 10.0 Å². The van der Waals surface area contributed by atoms with Crippen LogP contribution in [0.1, 0.15) is 24.5 Å². The van der Waals surface area contributed by atoms with Gasteiger partial charge in [-0.15, -0.1) is 0 Å². The minimum absolute atomic E-state index is 0.526. The quantitative estimate of drug-likeness (QED) is 0.460. The van der Waals surface area contributed by atoms with Crippen LogP contribution in [0.2, 0.25) is 0 Å². The molecule has 0 unspecified atom stereocenters. The molecule has 4 nitrogen and oxygen atoms in total. The summed E-state index contributed by atoms with van der Waals surface area (Å²) in [6.07, 6.45) is 4.09. The number of carbonyl (C=O) groups is 1. The van der Waals surface area contributed by atoms with Gasteiger partial charge < -0.3 is 4.90 Å². The van der Waals surface area contributed by atoms with Crippen molar-refractivity contribution in [2.45, 2.75) is 19.9 Å². The van der Waals surface area contributed by atoms with Crippen molar-refractivity contribution in [3.8, 4) is 0 Å². The third kappa shape index (κ3) is 5.12. The lowest BCUT2D eigenvalue weighted by Crippen LogP contribution is -2.18. The van der Waals surface area contributed by atoms with Gasteiger partial charge in [0.05, 0.1) is 0 Å². The maximum absolute atomic E-state index is 10.8. The van der Waals surface area contributed by atoms with E-state index in [1.807, 2.05) is 24.3 Å². The zero-order valence-electron chi connectivity index (χ0n) is 10.9. The molecule has 1 aromatic rings. The molecule has 0 aromatic heterocycles. The fourth-order valence-electron chi connectivity index (χ4n) is 1.72. The number of hydrogen-bond acceptors (Lipinski definition) is 3. The highest BCUT2D eigenvalue weighted by molar-refractivity contribution is 5.90. The molecule has 0 aliphatic rings. The summed E-state index contributed by atoms with van der Waals surface area (Å²) in [7, 11) is 2.10. The van der Waals surface area contributed by atoms with Gasteiger partial charge in [0, 0.05) is 12.6 Å². The van der Waals surface area contributed by atoms with Crippen LogP contribution in [0.15, 0.2) is 30.3 Å². The molecule has 1 aromatic carbocycles. The summed E-state index contributed by atoms with van der Waals surface area (Å²) >= 11 is 0. The Morgan fingerprint density at radius 1 is 1.39 bits per heavy atom. The summed E-state index contributed by atoms with van der Waals surface area (Å²) < 4.78 is 0. The first-order valence-electron chi connectivity index (χ1n) is 6.05. The molecule has 0 fully saturated rings. The van der Waals surface area contributed by atoms with Crippen LogP contribution in [0.4, 0.5) is 0 Å². The molecule has 1 amide bonds. The molecular weight excluding hydrogens is 228 g/mol. The Kier molecular flexibility index (Phi) is 6.11. The molecule has 1 rings (SSSR count). The Hall–Kier alpha value is -1.65. The van der Waals surface area contributed by atoms with Crippen LogP contribution in [0, 0.1) is 0 Å². The SMILES string of the molecule is CCCN(C)Cc1ccc(/C=C/C(=O)NO)cc1. The Morgan fingerprint density at radius 3 is 2.61 bits per heavy atom. The second-order valence-corrected chi connectivity index (χ2v) is 4.29. The van der Waals surface area contributed by atoms with E-state index in [2.05, 4.69) is 18.9 Å². The fraction of sp³-hybridized carbons (Fsp3) is 0.357. The Labute approximate surface area is 108 Å². The molecule has 0 saturated carbocycles. The van der Waals surface area contributed by atoms with Gasteiger partial charge in [-0.2, -0.15) is 0 Å². The van der Waals surface area contributed by atoms with E-state index in [0.717, 1.165) is 25.1 Å². The second kappa shape index (κ2) is 7.63. The summed E-state index contributed by atoms with van der Waals surface area (Å²) in [6.45, 7) is 4.17. The predicted molar refractivity (Wildman–Crippen MR) is 72.0 cm³/mol. The summed E-state index contributed by atoms with van der Waals surface area (Å²) in [5, 5.41) is 8.35. The van der Waals surface area contributed by atoms with E-state index in [9.17, 15) is 4.79 Å². The maximum atomic E-state index is 10.8. The molecule has 0 saturated heterocycles. The molecule has 2 N–H and O–H groups in total. The molecule has 0 aliphatic carbocycles. The summed E-state index contributed by atoms with van der Waals surface area (Å²) in [6, 6.07) is 8.00. The average Bonchev–Trinajstić information content (AvgIpc) is 2.37. The van der Waals surface area contributed by atoms with Crippen LogP contribution in [-0.4, -0.2) is 29.6 Å². The highest BCUT2D eigenvalue weighted by atomic mass is 16.5. The van der Waals surface area contributed by atoms with Crippen LogP contribution in [-0.2, 0) is 11.3 Å². The van der Waals surface area contributed by atoms with Gasteiger partial charge >= 0.3 is 0 Å². The number of nitrogens with one attached hydrogen (secondary N) is 1. The van der Waals surface area contributed by atoms with Crippen molar-refractivity contribution in [2.75, 3.05) is 13.6 Å². The number of hydroxylamine groups is 1. The van der Waals surface area contributed by atoms with E-state index in [-0.39, 0.29) is 0 Å². The van der Waals surface area contributed by atoms with E-state index in [4.69, 9.17) is 5.21 Å². The topological polar surface area (TPSA) is 52.6 Å². The van der Waals surface area contributed by atoms with Crippen LogP contribution in [0.5, 0.6) is 0 Å². The molecule has 98 valence electrons. The highest BCUT2D eigenvalue weighted by Gasteiger charge is 1.98. The molecule has 0 aliphatic heterocycles. The lowest BCUT2D eigenvalue weighted by atomic mass is 10.1. The zero-order chi connectivity index (χ0) is 13.4. The molecule has 0 spiro atoms. The van der Waals surface area contributed by atoms with Gasteiger partial charge in [-0.25, -0.2) is 5.48 Å². The van der Waals surface area contributed by atoms with E-state index in [0.29, 0.717) is 0 Å². The van der Waals surface area contributed by atoms with Crippen molar-refractivity contribution in [3.05, 3.63) is 41.5 Å². The minimum atomic E-state index is -0.526. The third-order valence-electron chi connectivity index (χ3n) is 2.57. The summed E-state index contributed by atoms with van der Waals surface area (Å²) in [5.41, 5.74) is 3.73. The Morgan fingerprint density at radius 2 is 2.06 bits per heavy atom. The molecular formula is C14H20N2O2.